The minimum absolute atomic E-state index is 0.380. The van der Waals surface area contributed by atoms with Crippen LogP contribution in [0.1, 0.15) is 42.8 Å². The van der Waals surface area contributed by atoms with Crippen molar-refractivity contribution >= 4 is 17.2 Å². The maximum atomic E-state index is 12.6. The number of fused-ring (bicyclic) bond motifs is 2. The van der Waals surface area contributed by atoms with E-state index in [2.05, 4.69) is 32.4 Å². The third-order valence-corrected chi connectivity index (χ3v) is 6.63. The smallest absolute Gasteiger partial charge is 0.222 e. The molecule has 0 radical (unpaired) electrons. The molecular formula is C18H28N4OS. The van der Waals surface area contributed by atoms with Crippen molar-refractivity contribution in [2.75, 3.05) is 26.2 Å². The molecule has 3 aliphatic rings. The number of hydrogen-bond acceptors (Lipinski definition) is 5. The highest BCUT2D eigenvalue weighted by atomic mass is 32.1. The van der Waals surface area contributed by atoms with E-state index < -0.39 is 0 Å². The van der Waals surface area contributed by atoms with Crippen molar-refractivity contribution in [1.29, 1.82) is 0 Å². The van der Waals surface area contributed by atoms with Crippen LogP contribution in [-0.4, -0.2) is 59.0 Å². The van der Waals surface area contributed by atoms with Crippen molar-refractivity contribution in [3.05, 3.63) is 16.1 Å². The van der Waals surface area contributed by atoms with Crippen LogP contribution < -0.4 is 5.32 Å². The molecule has 2 atom stereocenters. The number of piperidine rings is 1. The Hall–Kier alpha value is -0.980. The number of aryl methyl sites for hydroxylation is 1. The molecule has 0 saturated carbocycles. The second kappa shape index (κ2) is 7.10. The molecule has 0 spiro atoms. The molecule has 1 amide bonds. The molecule has 4 heterocycles. The molecule has 1 aromatic rings. The van der Waals surface area contributed by atoms with Crippen molar-refractivity contribution < 1.29 is 4.79 Å². The van der Waals surface area contributed by atoms with Gasteiger partial charge in [-0.25, -0.2) is 4.98 Å². The molecule has 3 fully saturated rings. The van der Waals surface area contributed by atoms with Gasteiger partial charge in [0.15, 0.2) is 0 Å². The predicted octanol–water partition coefficient (Wildman–Crippen LogP) is 2.02. The number of hydrogen-bond donors (Lipinski definition) is 1. The molecule has 24 heavy (non-hydrogen) atoms. The maximum absolute atomic E-state index is 12.6. The van der Waals surface area contributed by atoms with Crippen LogP contribution in [0.4, 0.5) is 0 Å². The first-order valence-electron chi connectivity index (χ1n) is 9.33. The van der Waals surface area contributed by atoms with E-state index in [9.17, 15) is 4.79 Å². The molecule has 2 unspecified atom stereocenters. The normalized spacial score (nSPS) is 30.7. The topological polar surface area (TPSA) is 48.5 Å². The van der Waals surface area contributed by atoms with E-state index >= 15 is 0 Å². The molecule has 2 bridgehead atoms. The zero-order chi connectivity index (χ0) is 16.5. The molecular weight excluding hydrogens is 320 g/mol. The molecule has 0 aromatic carbocycles. The van der Waals surface area contributed by atoms with Gasteiger partial charge in [-0.1, -0.05) is 0 Å². The van der Waals surface area contributed by atoms with Gasteiger partial charge in [0, 0.05) is 56.6 Å². The molecule has 1 N–H and O–H groups in total. The molecule has 6 heteroatoms. The molecule has 0 aliphatic carbocycles. The van der Waals surface area contributed by atoms with Crippen LogP contribution >= 0.6 is 11.3 Å². The number of rotatable bonds is 4. The van der Waals surface area contributed by atoms with Gasteiger partial charge in [-0.15, -0.1) is 11.3 Å². The van der Waals surface area contributed by atoms with Crippen LogP contribution in [0.5, 0.6) is 0 Å². The van der Waals surface area contributed by atoms with E-state index in [0.29, 0.717) is 23.9 Å². The number of aromatic nitrogens is 1. The van der Waals surface area contributed by atoms with Gasteiger partial charge in [0.1, 0.15) is 0 Å². The number of nitrogens with zero attached hydrogens (tertiary/aromatic N) is 3. The Morgan fingerprint density at radius 1 is 1.25 bits per heavy atom. The van der Waals surface area contributed by atoms with E-state index in [0.717, 1.165) is 44.2 Å². The standard InChI is InChI=1S/C18H28N4OS/c1-13-19-17(12-24-13)11-21-4-6-22(7-5-21)18(23)10-14-8-15-2-3-16(9-14)20-15/h12,14-16,20H,2-11H2,1H3. The Balaban J connectivity index is 1.22. The predicted molar refractivity (Wildman–Crippen MR) is 96.0 cm³/mol. The summed E-state index contributed by atoms with van der Waals surface area (Å²) in [6, 6.07) is 1.36. The zero-order valence-electron chi connectivity index (χ0n) is 14.5. The summed E-state index contributed by atoms with van der Waals surface area (Å²) in [6.07, 6.45) is 5.78. The van der Waals surface area contributed by atoms with Gasteiger partial charge >= 0.3 is 0 Å². The van der Waals surface area contributed by atoms with Gasteiger partial charge in [-0.05, 0) is 38.5 Å². The van der Waals surface area contributed by atoms with Crippen molar-refractivity contribution in [3.8, 4) is 0 Å². The van der Waals surface area contributed by atoms with Crippen LogP contribution in [-0.2, 0) is 11.3 Å². The lowest BCUT2D eigenvalue weighted by molar-refractivity contribution is -0.134. The van der Waals surface area contributed by atoms with Gasteiger partial charge in [0.25, 0.3) is 0 Å². The van der Waals surface area contributed by atoms with Crippen LogP contribution in [0.2, 0.25) is 0 Å². The second-order valence-electron chi connectivity index (χ2n) is 7.69. The average molecular weight is 349 g/mol. The Morgan fingerprint density at radius 2 is 1.96 bits per heavy atom. The first-order chi connectivity index (χ1) is 11.7. The van der Waals surface area contributed by atoms with E-state index in [1.165, 1.54) is 31.4 Å². The number of carbonyl (C=O) groups is 1. The lowest BCUT2D eigenvalue weighted by Gasteiger charge is -2.36. The highest BCUT2D eigenvalue weighted by Crippen LogP contribution is 2.33. The third kappa shape index (κ3) is 3.81. The summed E-state index contributed by atoms with van der Waals surface area (Å²) < 4.78 is 0. The minimum Gasteiger partial charge on any atom is -0.340 e. The number of nitrogens with one attached hydrogen (secondary N) is 1. The summed E-state index contributed by atoms with van der Waals surface area (Å²) in [6.45, 7) is 6.67. The molecule has 132 valence electrons. The third-order valence-electron chi connectivity index (χ3n) is 5.81. The van der Waals surface area contributed by atoms with E-state index in [1.807, 2.05) is 0 Å². The van der Waals surface area contributed by atoms with Crippen LogP contribution in [0.25, 0.3) is 0 Å². The van der Waals surface area contributed by atoms with Gasteiger partial charge in [0.2, 0.25) is 5.91 Å². The van der Waals surface area contributed by atoms with E-state index in [1.54, 1.807) is 11.3 Å². The Kier molecular flexibility index (Phi) is 4.88. The fourth-order valence-corrected chi connectivity index (χ4v) is 5.19. The molecule has 3 aliphatic heterocycles. The fraction of sp³-hybridized carbons (Fsp3) is 0.778. The molecule has 3 saturated heterocycles. The average Bonchev–Trinajstić information content (AvgIpc) is 3.13. The SMILES string of the molecule is Cc1nc(CN2CCN(C(=O)CC3CC4CCC(C3)N4)CC2)cs1. The van der Waals surface area contributed by atoms with Crippen LogP contribution in [0.15, 0.2) is 5.38 Å². The van der Waals surface area contributed by atoms with E-state index in [4.69, 9.17) is 0 Å². The Bertz CT molecular complexity index is 569. The van der Waals surface area contributed by atoms with Crippen LogP contribution in [0.3, 0.4) is 0 Å². The van der Waals surface area contributed by atoms with E-state index in [-0.39, 0.29) is 0 Å². The highest BCUT2D eigenvalue weighted by molar-refractivity contribution is 7.09. The van der Waals surface area contributed by atoms with Crippen molar-refractivity contribution in [3.63, 3.8) is 0 Å². The lowest BCUT2D eigenvalue weighted by Crippen LogP contribution is -2.49. The van der Waals surface area contributed by atoms with Crippen molar-refractivity contribution in [2.45, 2.75) is 57.7 Å². The van der Waals surface area contributed by atoms with Crippen molar-refractivity contribution in [2.24, 2.45) is 5.92 Å². The van der Waals surface area contributed by atoms with Gasteiger partial charge in [-0.2, -0.15) is 0 Å². The summed E-state index contributed by atoms with van der Waals surface area (Å²) in [5, 5.41) is 6.95. The fourth-order valence-electron chi connectivity index (χ4n) is 4.58. The van der Waals surface area contributed by atoms with Crippen LogP contribution in [0, 0.1) is 12.8 Å². The quantitative estimate of drug-likeness (QED) is 0.904. The van der Waals surface area contributed by atoms with Gasteiger partial charge in [-0.3, -0.25) is 9.69 Å². The second-order valence-corrected chi connectivity index (χ2v) is 8.76. The molecule has 4 rings (SSSR count). The number of carbonyl (C=O) groups excluding carboxylic acids is 1. The highest BCUT2D eigenvalue weighted by Gasteiger charge is 2.35. The first kappa shape index (κ1) is 16.5. The summed E-state index contributed by atoms with van der Waals surface area (Å²) in [5.41, 5.74) is 1.17. The largest absolute Gasteiger partial charge is 0.340 e. The Morgan fingerprint density at radius 3 is 2.58 bits per heavy atom. The molecule has 5 nitrogen and oxygen atoms in total. The Labute approximate surface area is 148 Å². The summed E-state index contributed by atoms with van der Waals surface area (Å²) in [5.74, 6) is 0.984. The number of thiazole rings is 1. The number of piperazine rings is 1. The summed E-state index contributed by atoms with van der Waals surface area (Å²) in [7, 11) is 0. The van der Waals surface area contributed by atoms with Crippen molar-refractivity contribution in [1.82, 2.24) is 20.1 Å². The molecule has 1 aromatic heterocycles. The minimum atomic E-state index is 0.380. The first-order valence-corrected chi connectivity index (χ1v) is 10.2. The summed E-state index contributed by atoms with van der Waals surface area (Å²) in [4.78, 5) is 21.7. The van der Waals surface area contributed by atoms with Gasteiger partial charge < -0.3 is 10.2 Å². The monoisotopic (exact) mass is 348 g/mol. The summed E-state index contributed by atoms with van der Waals surface area (Å²) >= 11 is 1.72. The lowest BCUT2D eigenvalue weighted by atomic mass is 9.89. The van der Waals surface area contributed by atoms with Gasteiger partial charge in [0.05, 0.1) is 10.7 Å². The maximum Gasteiger partial charge on any atom is 0.222 e. The number of amides is 1. The zero-order valence-corrected chi connectivity index (χ0v) is 15.4.